The number of benzene rings is 1. The number of hydrogen-bond donors (Lipinski definition) is 2. The molecular formula is C14H20FN3OS. The number of halogens is 1. The number of β-amino-alcohol motifs (C(OH)–C–C–N with tert-alkyl or cyclic N) is 1. The Kier molecular flexibility index (Phi) is 4.57. The summed E-state index contributed by atoms with van der Waals surface area (Å²) in [6.07, 6.45) is 0.302. The topological polar surface area (TPSA) is 52.7 Å². The van der Waals surface area contributed by atoms with Gasteiger partial charge in [0.1, 0.15) is 10.8 Å². The van der Waals surface area contributed by atoms with Crippen molar-refractivity contribution in [2.24, 2.45) is 5.73 Å². The largest absolute Gasteiger partial charge is 0.391 e. The zero-order valence-corrected chi connectivity index (χ0v) is 12.5. The van der Waals surface area contributed by atoms with E-state index in [1.807, 2.05) is 14.1 Å². The van der Waals surface area contributed by atoms with Crippen molar-refractivity contribution in [1.82, 2.24) is 4.90 Å². The van der Waals surface area contributed by atoms with Gasteiger partial charge in [-0.15, -0.1) is 0 Å². The molecule has 1 saturated heterocycles. The maximum Gasteiger partial charge on any atom is 0.124 e. The minimum Gasteiger partial charge on any atom is -0.391 e. The number of likely N-dealkylation sites (N-methyl/N-ethyl adjacent to an activating group) is 1. The highest BCUT2D eigenvalue weighted by Gasteiger charge is 2.32. The van der Waals surface area contributed by atoms with Crippen molar-refractivity contribution in [2.45, 2.75) is 18.6 Å². The van der Waals surface area contributed by atoms with E-state index in [0.29, 0.717) is 18.5 Å². The maximum absolute atomic E-state index is 13.4. The second-order valence-electron chi connectivity index (χ2n) is 5.48. The van der Waals surface area contributed by atoms with Crippen molar-refractivity contribution in [3.63, 3.8) is 0 Å². The van der Waals surface area contributed by atoms with Gasteiger partial charge < -0.3 is 20.6 Å². The smallest absolute Gasteiger partial charge is 0.124 e. The zero-order valence-electron chi connectivity index (χ0n) is 11.7. The number of hydrogen-bond acceptors (Lipinski definition) is 4. The van der Waals surface area contributed by atoms with Gasteiger partial charge in [0.05, 0.1) is 6.10 Å². The fourth-order valence-corrected chi connectivity index (χ4v) is 2.90. The molecule has 1 aliphatic rings. The van der Waals surface area contributed by atoms with E-state index in [2.05, 4.69) is 9.80 Å². The summed E-state index contributed by atoms with van der Waals surface area (Å²) in [5.74, 6) is -0.361. The van der Waals surface area contributed by atoms with Crippen molar-refractivity contribution in [3.8, 4) is 0 Å². The lowest BCUT2D eigenvalue weighted by Crippen LogP contribution is -2.38. The molecular weight excluding hydrogens is 277 g/mol. The predicted molar refractivity (Wildman–Crippen MR) is 82.6 cm³/mol. The lowest BCUT2D eigenvalue weighted by atomic mass is 10.1. The number of nitrogens with two attached hydrogens (primary N) is 1. The van der Waals surface area contributed by atoms with Crippen LogP contribution in [0, 0.1) is 5.82 Å². The third-order valence-electron chi connectivity index (χ3n) is 3.50. The Bertz CT molecular complexity index is 509. The molecule has 1 aliphatic heterocycles. The van der Waals surface area contributed by atoms with E-state index >= 15 is 0 Å². The van der Waals surface area contributed by atoms with Crippen LogP contribution in [0.5, 0.6) is 0 Å². The van der Waals surface area contributed by atoms with Crippen molar-refractivity contribution in [2.75, 3.05) is 32.1 Å². The van der Waals surface area contributed by atoms with E-state index < -0.39 is 0 Å². The van der Waals surface area contributed by atoms with E-state index in [4.69, 9.17) is 18.0 Å². The number of thiocarbonyl (C=S) groups is 1. The molecule has 0 bridgehead atoms. The highest BCUT2D eigenvalue weighted by atomic mass is 32.1. The Morgan fingerprint density at radius 3 is 2.85 bits per heavy atom. The van der Waals surface area contributed by atoms with Crippen molar-refractivity contribution in [1.29, 1.82) is 0 Å². The van der Waals surface area contributed by atoms with E-state index in [9.17, 15) is 9.50 Å². The highest BCUT2D eigenvalue weighted by Crippen LogP contribution is 2.30. The second-order valence-corrected chi connectivity index (χ2v) is 5.92. The average molecular weight is 297 g/mol. The Hall–Kier alpha value is -1.24. The van der Waals surface area contributed by atoms with Gasteiger partial charge >= 0.3 is 0 Å². The molecule has 1 aromatic rings. The lowest BCUT2D eigenvalue weighted by molar-refractivity contribution is 0.191. The van der Waals surface area contributed by atoms with Crippen LogP contribution in [0.25, 0.3) is 0 Å². The number of anilines is 1. The van der Waals surface area contributed by atoms with Gasteiger partial charge in [-0.3, -0.25) is 0 Å². The van der Waals surface area contributed by atoms with Crippen molar-refractivity contribution in [3.05, 3.63) is 29.6 Å². The Morgan fingerprint density at radius 2 is 2.25 bits per heavy atom. The molecule has 20 heavy (non-hydrogen) atoms. The predicted octanol–water partition coefficient (Wildman–Crippen LogP) is 0.961. The second kappa shape index (κ2) is 6.03. The monoisotopic (exact) mass is 297 g/mol. The Labute approximate surface area is 124 Å². The molecule has 2 rings (SSSR count). The fraction of sp³-hybridized carbons (Fsp3) is 0.500. The van der Waals surface area contributed by atoms with Gasteiger partial charge in [-0.2, -0.15) is 0 Å². The molecule has 0 amide bonds. The van der Waals surface area contributed by atoms with Crippen LogP contribution in [0.2, 0.25) is 0 Å². The van der Waals surface area contributed by atoms with Gasteiger partial charge in [-0.05, 0) is 38.7 Å². The molecule has 2 atom stereocenters. The van der Waals surface area contributed by atoms with E-state index in [-0.39, 0.29) is 23.0 Å². The zero-order chi connectivity index (χ0) is 14.9. The van der Waals surface area contributed by atoms with Crippen LogP contribution in [-0.2, 0) is 0 Å². The minimum atomic E-state index is -0.385. The van der Waals surface area contributed by atoms with Crippen LogP contribution in [0.1, 0.15) is 12.0 Å². The average Bonchev–Trinajstić information content (AvgIpc) is 2.69. The molecule has 0 aromatic heterocycles. The Morgan fingerprint density at radius 1 is 1.55 bits per heavy atom. The van der Waals surface area contributed by atoms with Crippen LogP contribution in [0.15, 0.2) is 18.2 Å². The molecule has 4 nitrogen and oxygen atoms in total. The summed E-state index contributed by atoms with van der Waals surface area (Å²) in [6.45, 7) is 1.32. The number of nitrogens with zero attached hydrogens (tertiary/aromatic N) is 2. The molecule has 1 aromatic carbocycles. The molecule has 110 valence electrons. The van der Waals surface area contributed by atoms with Crippen LogP contribution >= 0.6 is 12.2 Å². The molecule has 2 unspecified atom stereocenters. The molecule has 0 radical (unpaired) electrons. The summed E-state index contributed by atoms with van der Waals surface area (Å²) < 4.78 is 13.4. The third kappa shape index (κ3) is 3.26. The Balaban J connectivity index is 2.36. The van der Waals surface area contributed by atoms with Gasteiger partial charge in [0, 0.05) is 30.4 Å². The van der Waals surface area contributed by atoms with Crippen LogP contribution in [0.3, 0.4) is 0 Å². The molecule has 3 N–H and O–H groups in total. The molecule has 6 heteroatoms. The summed E-state index contributed by atoms with van der Waals surface area (Å²) in [5, 5.41) is 9.93. The number of aliphatic hydroxyl groups is 1. The van der Waals surface area contributed by atoms with E-state index in [0.717, 1.165) is 12.2 Å². The first-order valence-corrected chi connectivity index (χ1v) is 6.98. The normalized spacial score (nSPS) is 22.6. The third-order valence-corrected chi connectivity index (χ3v) is 3.72. The summed E-state index contributed by atoms with van der Waals surface area (Å²) in [7, 11) is 3.98. The SMILES string of the molecule is CN(C)CC1CC(O)CN1c1ccc(F)cc1C(N)=S. The van der Waals surface area contributed by atoms with Gasteiger partial charge in [0.15, 0.2) is 0 Å². The van der Waals surface area contributed by atoms with Crippen molar-refractivity contribution < 1.29 is 9.50 Å². The first-order valence-electron chi connectivity index (χ1n) is 6.57. The summed E-state index contributed by atoms with van der Waals surface area (Å²) in [6, 6.07) is 4.60. The molecule has 0 spiro atoms. The summed E-state index contributed by atoms with van der Waals surface area (Å²) in [4.78, 5) is 4.31. The minimum absolute atomic E-state index is 0.165. The first kappa shape index (κ1) is 15.2. The molecule has 0 aliphatic carbocycles. The van der Waals surface area contributed by atoms with Gasteiger partial charge in [0.25, 0.3) is 0 Å². The van der Waals surface area contributed by atoms with Crippen LogP contribution < -0.4 is 10.6 Å². The molecule has 1 heterocycles. The molecule has 0 saturated carbocycles. The number of aliphatic hydroxyl groups excluding tert-OH is 1. The van der Waals surface area contributed by atoms with Crippen LogP contribution in [0.4, 0.5) is 10.1 Å². The van der Waals surface area contributed by atoms with Gasteiger partial charge in [-0.25, -0.2) is 4.39 Å². The van der Waals surface area contributed by atoms with E-state index in [1.54, 1.807) is 6.07 Å². The highest BCUT2D eigenvalue weighted by molar-refractivity contribution is 7.80. The number of rotatable bonds is 4. The summed E-state index contributed by atoms with van der Waals surface area (Å²) in [5.41, 5.74) is 7.02. The van der Waals surface area contributed by atoms with Crippen molar-refractivity contribution >= 4 is 22.9 Å². The lowest BCUT2D eigenvalue weighted by Gasteiger charge is -2.30. The van der Waals surface area contributed by atoms with Gasteiger partial charge in [-0.1, -0.05) is 12.2 Å². The standard InChI is InChI=1S/C14H20FN3OS/c1-17(2)7-10-6-11(19)8-18(10)13-4-3-9(15)5-12(13)14(16)20/h3-5,10-11,19H,6-8H2,1-2H3,(H2,16,20). The first-order chi connectivity index (χ1) is 9.38. The quantitative estimate of drug-likeness (QED) is 0.811. The maximum atomic E-state index is 13.4. The van der Waals surface area contributed by atoms with Gasteiger partial charge in [0.2, 0.25) is 0 Å². The summed E-state index contributed by atoms with van der Waals surface area (Å²) >= 11 is 5.01. The van der Waals surface area contributed by atoms with Crippen LogP contribution in [-0.4, -0.2) is 54.3 Å². The fourth-order valence-electron chi connectivity index (χ4n) is 2.74. The molecule has 1 fully saturated rings. The van der Waals surface area contributed by atoms with E-state index in [1.165, 1.54) is 12.1 Å².